The van der Waals surface area contributed by atoms with E-state index in [0.29, 0.717) is 0 Å². The lowest BCUT2D eigenvalue weighted by Gasteiger charge is -2.08. The van der Waals surface area contributed by atoms with Crippen molar-refractivity contribution in [3.8, 4) is 5.75 Å². The highest BCUT2D eigenvalue weighted by Gasteiger charge is 2.03. The third-order valence-electron chi connectivity index (χ3n) is 2.39. The standard InChI is InChI=1S/C13H16O3/c1-9-7-11(15-3)8-10(2)12(9)5-6-13(14)16-4/h5-8H,1-4H3. The van der Waals surface area contributed by atoms with Gasteiger partial charge in [0.25, 0.3) is 0 Å². The molecular formula is C13H16O3. The Labute approximate surface area is 95.7 Å². The van der Waals surface area contributed by atoms with Crippen molar-refractivity contribution in [3.63, 3.8) is 0 Å². The van der Waals surface area contributed by atoms with Gasteiger partial charge in [0, 0.05) is 6.08 Å². The van der Waals surface area contributed by atoms with Gasteiger partial charge in [-0.05, 0) is 48.7 Å². The quantitative estimate of drug-likeness (QED) is 0.580. The smallest absolute Gasteiger partial charge is 0.330 e. The average molecular weight is 220 g/mol. The van der Waals surface area contributed by atoms with Gasteiger partial charge in [0.05, 0.1) is 14.2 Å². The topological polar surface area (TPSA) is 35.5 Å². The number of hydrogen-bond donors (Lipinski definition) is 0. The first kappa shape index (κ1) is 12.3. The molecule has 0 aliphatic rings. The molecule has 1 aromatic rings. The lowest BCUT2D eigenvalue weighted by molar-refractivity contribution is -0.134. The first-order valence-electron chi connectivity index (χ1n) is 4.99. The molecule has 0 heterocycles. The van der Waals surface area contributed by atoms with Crippen LogP contribution in [0.5, 0.6) is 5.75 Å². The minimum atomic E-state index is -0.352. The molecule has 0 saturated carbocycles. The Balaban J connectivity index is 3.05. The van der Waals surface area contributed by atoms with Crippen molar-refractivity contribution in [3.05, 3.63) is 34.9 Å². The van der Waals surface area contributed by atoms with E-state index >= 15 is 0 Å². The van der Waals surface area contributed by atoms with E-state index in [2.05, 4.69) is 4.74 Å². The van der Waals surface area contributed by atoms with Crippen molar-refractivity contribution >= 4 is 12.0 Å². The van der Waals surface area contributed by atoms with Gasteiger partial charge < -0.3 is 9.47 Å². The van der Waals surface area contributed by atoms with Gasteiger partial charge >= 0.3 is 5.97 Å². The molecule has 0 N–H and O–H groups in total. The van der Waals surface area contributed by atoms with Crippen LogP contribution >= 0.6 is 0 Å². The highest BCUT2D eigenvalue weighted by molar-refractivity contribution is 5.87. The number of hydrogen-bond acceptors (Lipinski definition) is 3. The molecule has 3 nitrogen and oxygen atoms in total. The highest BCUT2D eigenvalue weighted by Crippen LogP contribution is 2.22. The fraction of sp³-hybridized carbons (Fsp3) is 0.308. The molecule has 0 atom stereocenters. The molecule has 0 saturated heterocycles. The second-order valence-electron chi connectivity index (χ2n) is 3.53. The average Bonchev–Trinajstić information content (AvgIpc) is 2.27. The van der Waals surface area contributed by atoms with E-state index in [1.807, 2.05) is 26.0 Å². The Kier molecular flexibility index (Phi) is 4.11. The summed E-state index contributed by atoms with van der Waals surface area (Å²) in [7, 11) is 3.00. The van der Waals surface area contributed by atoms with Crippen molar-refractivity contribution in [2.75, 3.05) is 14.2 Å². The minimum Gasteiger partial charge on any atom is -0.497 e. The zero-order chi connectivity index (χ0) is 12.1. The van der Waals surface area contributed by atoms with E-state index in [1.54, 1.807) is 13.2 Å². The van der Waals surface area contributed by atoms with Gasteiger partial charge in [0.1, 0.15) is 5.75 Å². The van der Waals surface area contributed by atoms with Crippen molar-refractivity contribution in [1.29, 1.82) is 0 Å². The predicted molar refractivity (Wildman–Crippen MR) is 63.5 cm³/mol. The second kappa shape index (κ2) is 5.35. The van der Waals surface area contributed by atoms with E-state index in [4.69, 9.17) is 4.74 Å². The summed E-state index contributed by atoms with van der Waals surface area (Å²) in [5, 5.41) is 0. The Hall–Kier alpha value is -1.77. The Bertz CT molecular complexity index is 396. The van der Waals surface area contributed by atoms with Crippen LogP contribution in [0, 0.1) is 13.8 Å². The Morgan fingerprint density at radius 2 is 1.75 bits per heavy atom. The molecule has 0 spiro atoms. The highest BCUT2D eigenvalue weighted by atomic mass is 16.5. The van der Waals surface area contributed by atoms with Crippen LogP contribution in [0.25, 0.3) is 6.08 Å². The van der Waals surface area contributed by atoms with Gasteiger partial charge in [-0.2, -0.15) is 0 Å². The van der Waals surface area contributed by atoms with Gasteiger partial charge in [-0.15, -0.1) is 0 Å². The summed E-state index contributed by atoms with van der Waals surface area (Å²) < 4.78 is 9.71. The maximum atomic E-state index is 11.0. The molecule has 0 amide bonds. The third-order valence-corrected chi connectivity index (χ3v) is 2.39. The van der Waals surface area contributed by atoms with Crippen LogP contribution < -0.4 is 4.74 Å². The van der Waals surface area contributed by atoms with Crippen LogP contribution in [-0.4, -0.2) is 20.2 Å². The van der Waals surface area contributed by atoms with Crippen molar-refractivity contribution in [2.45, 2.75) is 13.8 Å². The largest absolute Gasteiger partial charge is 0.497 e. The minimum absolute atomic E-state index is 0.352. The zero-order valence-corrected chi connectivity index (χ0v) is 10.0. The molecule has 86 valence electrons. The summed E-state index contributed by atoms with van der Waals surface area (Å²) in [5.41, 5.74) is 3.15. The molecule has 0 radical (unpaired) electrons. The van der Waals surface area contributed by atoms with Crippen LogP contribution in [0.15, 0.2) is 18.2 Å². The maximum absolute atomic E-state index is 11.0. The molecule has 0 unspecified atom stereocenters. The summed E-state index contributed by atoms with van der Waals surface area (Å²) in [6.45, 7) is 3.96. The molecule has 0 aliphatic heterocycles. The number of aryl methyl sites for hydroxylation is 2. The Morgan fingerprint density at radius 1 is 1.19 bits per heavy atom. The summed E-state index contributed by atoms with van der Waals surface area (Å²) in [4.78, 5) is 11.0. The SMILES string of the molecule is COC(=O)C=Cc1c(C)cc(OC)cc1C. The number of rotatable bonds is 3. The van der Waals surface area contributed by atoms with Crippen LogP contribution in [0.4, 0.5) is 0 Å². The number of methoxy groups -OCH3 is 2. The molecule has 1 aromatic carbocycles. The normalized spacial score (nSPS) is 10.5. The van der Waals surface area contributed by atoms with Crippen LogP contribution in [0.2, 0.25) is 0 Å². The van der Waals surface area contributed by atoms with E-state index in [-0.39, 0.29) is 5.97 Å². The molecule has 3 heteroatoms. The molecule has 0 bridgehead atoms. The number of carbonyl (C=O) groups excluding carboxylic acids is 1. The summed E-state index contributed by atoms with van der Waals surface area (Å²) in [6.07, 6.45) is 3.18. The van der Waals surface area contributed by atoms with Crippen LogP contribution in [0.1, 0.15) is 16.7 Å². The third kappa shape index (κ3) is 2.86. The molecular weight excluding hydrogens is 204 g/mol. The molecule has 0 fully saturated rings. The van der Waals surface area contributed by atoms with E-state index in [9.17, 15) is 4.79 Å². The fourth-order valence-corrected chi connectivity index (χ4v) is 1.54. The number of ether oxygens (including phenoxy) is 2. The van der Waals surface area contributed by atoms with Crippen LogP contribution in [-0.2, 0) is 9.53 Å². The van der Waals surface area contributed by atoms with Crippen molar-refractivity contribution < 1.29 is 14.3 Å². The van der Waals surface area contributed by atoms with Gasteiger partial charge in [0.15, 0.2) is 0 Å². The van der Waals surface area contributed by atoms with Gasteiger partial charge in [0.2, 0.25) is 0 Å². The first-order chi connectivity index (χ1) is 7.58. The lowest BCUT2D eigenvalue weighted by Crippen LogP contribution is -1.95. The summed E-state index contributed by atoms with van der Waals surface area (Å²) >= 11 is 0. The van der Waals surface area contributed by atoms with E-state index in [1.165, 1.54) is 13.2 Å². The van der Waals surface area contributed by atoms with E-state index in [0.717, 1.165) is 22.4 Å². The lowest BCUT2D eigenvalue weighted by atomic mass is 10.0. The number of benzene rings is 1. The number of esters is 1. The maximum Gasteiger partial charge on any atom is 0.330 e. The van der Waals surface area contributed by atoms with E-state index < -0.39 is 0 Å². The molecule has 16 heavy (non-hydrogen) atoms. The second-order valence-corrected chi connectivity index (χ2v) is 3.53. The molecule has 0 aromatic heterocycles. The van der Waals surface area contributed by atoms with Gasteiger partial charge in [-0.25, -0.2) is 4.79 Å². The van der Waals surface area contributed by atoms with Gasteiger partial charge in [-0.3, -0.25) is 0 Å². The molecule has 1 rings (SSSR count). The summed E-state index contributed by atoms with van der Waals surface area (Å²) in [6, 6.07) is 3.87. The monoisotopic (exact) mass is 220 g/mol. The number of carbonyl (C=O) groups is 1. The van der Waals surface area contributed by atoms with Crippen molar-refractivity contribution in [1.82, 2.24) is 0 Å². The fourth-order valence-electron chi connectivity index (χ4n) is 1.54. The zero-order valence-electron chi connectivity index (χ0n) is 10.0. The Morgan fingerprint density at radius 3 is 2.19 bits per heavy atom. The predicted octanol–water partition coefficient (Wildman–Crippen LogP) is 2.50. The summed E-state index contributed by atoms with van der Waals surface area (Å²) in [5.74, 6) is 0.472. The van der Waals surface area contributed by atoms with Crippen LogP contribution in [0.3, 0.4) is 0 Å². The van der Waals surface area contributed by atoms with Gasteiger partial charge in [-0.1, -0.05) is 0 Å². The van der Waals surface area contributed by atoms with Crippen molar-refractivity contribution in [2.24, 2.45) is 0 Å². The first-order valence-corrected chi connectivity index (χ1v) is 4.99. The molecule has 0 aliphatic carbocycles.